The van der Waals surface area contributed by atoms with Crippen LogP contribution in [0, 0.1) is 6.92 Å². The van der Waals surface area contributed by atoms with E-state index in [0.717, 1.165) is 30.4 Å². The van der Waals surface area contributed by atoms with Gasteiger partial charge in [0.1, 0.15) is 0 Å². The number of hydrogen-bond acceptors (Lipinski definition) is 2. The first-order chi connectivity index (χ1) is 6.95. The zero-order chi connectivity index (χ0) is 11.5. The Bertz CT molecular complexity index is 438. The van der Waals surface area contributed by atoms with Gasteiger partial charge in [-0.3, -0.25) is 0 Å². The molecule has 15 heavy (non-hydrogen) atoms. The topological polar surface area (TPSA) is 60.2 Å². The molecular formula is C11H17NO2S. The Kier molecular flexibility index (Phi) is 3.88. The average Bonchev–Trinajstić information content (AvgIpc) is 2.14. The molecule has 0 bridgehead atoms. The van der Waals surface area contributed by atoms with Crippen molar-refractivity contribution < 1.29 is 8.42 Å². The maximum absolute atomic E-state index is 11.3. The third kappa shape index (κ3) is 3.32. The van der Waals surface area contributed by atoms with Crippen molar-refractivity contribution in [1.29, 1.82) is 0 Å². The van der Waals surface area contributed by atoms with Crippen LogP contribution in [0.15, 0.2) is 23.1 Å². The zero-order valence-corrected chi connectivity index (χ0v) is 9.97. The molecular weight excluding hydrogens is 210 g/mol. The summed E-state index contributed by atoms with van der Waals surface area (Å²) in [5, 5.41) is 5.17. The van der Waals surface area contributed by atoms with Crippen LogP contribution in [0.4, 0.5) is 0 Å². The van der Waals surface area contributed by atoms with E-state index in [9.17, 15) is 8.42 Å². The van der Waals surface area contributed by atoms with Gasteiger partial charge in [0.25, 0.3) is 0 Å². The van der Waals surface area contributed by atoms with Crippen LogP contribution in [0.25, 0.3) is 0 Å². The minimum Gasteiger partial charge on any atom is -0.225 e. The van der Waals surface area contributed by atoms with E-state index in [1.54, 1.807) is 6.07 Å². The maximum Gasteiger partial charge on any atom is 0.238 e. The Balaban J connectivity index is 3.15. The summed E-state index contributed by atoms with van der Waals surface area (Å²) in [5.41, 5.74) is 1.74. The summed E-state index contributed by atoms with van der Waals surface area (Å²) in [6.45, 7) is 3.93. The molecule has 0 aliphatic rings. The normalized spacial score (nSPS) is 11.7. The molecule has 0 heterocycles. The molecule has 0 spiro atoms. The summed E-state index contributed by atoms with van der Waals surface area (Å²) in [4.78, 5) is 0.274. The molecule has 0 fully saturated rings. The number of aryl methyl sites for hydroxylation is 2. The van der Waals surface area contributed by atoms with Crippen molar-refractivity contribution in [2.45, 2.75) is 38.0 Å². The molecule has 0 saturated carbocycles. The molecule has 0 aliphatic heterocycles. The molecule has 0 atom stereocenters. The molecule has 1 rings (SSSR count). The van der Waals surface area contributed by atoms with Crippen molar-refractivity contribution >= 4 is 10.0 Å². The number of benzene rings is 1. The summed E-state index contributed by atoms with van der Waals surface area (Å²) < 4.78 is 22.7. The van der Waals surface area contributed by atoms with Gasteiger partial charge < -0.3 is 0 Å². The summed E-state index contributed by atoms with van der Waals surface area (Å²) in [5.74, 6) is 0. The van der Waals surface area contributed by atoms with Gasteiger partial charge in [0, 0.05) is 0 Å². The molecule has 0 radical (unpaired) electrons. The van der Waals surface area contributed by atoms with E-state index >= 15 is 0 Å². The monoisotopic (exact) mass is 227 g/mol. The van der Waals surface area contributed by atoms with Crippen molar-refractivity contribution in [3.63, 3.8) is 0 Å². The largest absolute Gasteiger partial charge is 0.238 e. The lowest BCUT2D eigenvalue weighted by molar-refractivity contribution is 0.596. The first-order valence-corrected chi connectivity index (χ1v) is 6.62. The van der Waals surface area contributed by atoms with Gasteiger partial charge in [-0.1, -0.05) is 25.5 Å². The van der Waals surface area contributed by atoms with E-state index in [1.165, 1.54) is 0 Å². The standard InChI is InChI=1S/C11H17NO2S/c1-3-4-5-10-7-6-9(2)8-11(10)15(12,13)14/h6-8H,3-5H2,1-2H3,(H2,12,13,14). The number of sulfonamides is 1. The minimum absolute atomic E-state index is 0.274. The highest BCUT2D eigenvalue weighted by Gasteiger charge is 2.13. The van der Waals surface area contributed by atoms with Gasteiger partial charge in [0.15, 0.2) is 0 Å². The fourth-order valence-corrected chi connectivity index (χ4v) is 2.39. The van der Waals surface area contributed by atoms with Crippen molar-refractivity contribution in [1.82, 2.24) is 0 Å². The fraction of sp³-hybridized carbons (Fsp3) is 0.455. The Morgan fingerprint density at radius 1 is 1.33 bits per heavy atom. The van der Waals surface area contributed by atoms with Crippen molar-refractivity contribution in [2.24, 2.45) is 5.14 Å². The number of rotatable bonds is 4. The second-order valence-corrected chi connectivity index (χ2v) is 5.29. The summed E-state index contributed by atoms with van der Waals surface area (Å²) in [6.07, 6.45) is 2.78. The molecule has 0 unspecified atom stereocenters. The fourth-order valence-electron chi connectivity index (χ4n) is 1.50. The first-order valence-electron chi connectivity index (χ1n) is 5.07. The second-order valence-electron chi connectivity index (χ2n) is 3.76. The predicted octanol–water partition coefficient (Wildman–Crippen LogP) is 1.99. The van der Waals surface area contributed by atoms with E-state index in [2.05, 4.69) is 6.92 Å². The van der Waals surface area contributed by atoms with Gasteiger partial charge in [-0.15, -0.1) is 0 Å². The number of hydrogen-bond donors (Lipinski definition) is 1. The molecule has 84 valence electrons. The molecule has 0 aromatic heterocycles. The highest BCUT2D eigenvalue weighted by Crippen LogP contribution is 2.18. The van der Waals surface area contributed by atoms with E-state index in [1.807, 2.05) is 19.1 Å². The molecule has 0 amide bonds. The van der Waals surface area contributed by atoms with Gasteiger partial charge in [-0.05, 0) is 37.0 Å². The smallest absolute Gasteiger partial charge is 0.225 e. The number of primary sulfonamides is 1. The van der Waals surface area contributed by atoms with Crippen LogP contribution in [-0.2, 0) is 16.4 Å². The highest BCUT2D eigenvalue weighted by molar-refractivity contribution is 7.89. The highest BCUT2D eigenvalue weighted by atomic mass is 32.2. The second kappa shape index (κ2) is 4.77. The van der Waals surface area contributed by atoms with Gasteiger partial charge in [0.2, 0.25) is 10.0 Å². The third-order valence-electron chi connectivity index (χ3n) is 2.33. The van der Waals surface area contributed by atoms with E-state index < -0.39 is 10.0 Å². The summed E-state index contributed by atoms with van der Waals surface area (Å²) in [7, 11) is -3.59. The Morgan fingerprint density at radius 2 is 2.00 bits per heavy atom. The van der Waals surface area contributed by atoms with Gasteiger partial charge in [-0.2, -0.15) is 0 Å². The van der Waals surface area contributed by atoms with Crippen LogP contribution < -0.4 is 5.14 Å². The Morgan fingerprint density at radius 3 is 2.53 bits per heavy atom. The summed E-state index contributed by atoms with van der Waals surface area (Å²) in [6, 6.07) is 5.41. The molecule has 1 aromatic carbocycles. The summed E-state index contributed by atoms with van der Waals surface area (Å²) >= 11 is 0. The molecule has 3 nitrogen and oxygen atoms in total. The van der Waals surface area contributed by atoms with Crippen LogP contribution in [0.2, 0.25) is 0 Å². The van der Waals surface area contributed by atoms with Gasteiger partial charge in [0.05, 0.1) is 4.90 Å². The van der Waals surface area contributed by atoms with Crippen LogP contribution in [0.5, 0.6) is 0 Å². The lowest BCUT2D eigenvalue weighted by Gasteiger charge is -2.08. The van der Waals surface area contributed by atoms with Crippen LogP contribution >= 0.6 is 0 Å². The van der Waals surface area contributed by atoms with E-state index in [-0.39, 0.29) is 4.90 Å². The maximum atomic E-state index is 11.3. The van der Waals surface area contributed by atoms with Gasteiger partial charge in [-0.25, -0.2) is 13.6 Å². The predicted molar refractivity (Wildman–Crippen MR) is 61.2 cm³/mol. The third-order valence-corrected chi connectivity index (χ3v) is 3.32. The molecule has 0 saturated heterocycles. The van der Waals surface area contributed by atoms with Crippen molar-refractivity contribution in [2.75, 3.05) is 0 Å². The van der Waals surface area contributed by atoms with Crippen LogP contribution in [0.3, 0.4) is 0 Å². The minimum atomic E-state index is -3.59. The van der Waals surface area contributed by atoms with E-state index in [0.29, 0.717) is 0 Å². The van der Waals surface area contributed by atoms with Crippen molar-refractivity contribution in [3.8, 4) is 0 Å². The Hall–Kier alpha value is -0.870. The van der Waals surface area contributed by atoms with Crippen molar-refractivity contribution in [3.05, 3.63) is 29.3 Å². The SMILES string of the molecule is CCCCc1ccc(C)cc1S(N)(=O)=O. The average molecular weight is 227 g/mol. The molecule has 1 aromatic rings. The number of nitrogens with two attached hydrogens (primary N) is 1. The number of unbranched alkanes of at least 4 members (excludes halogenated alkanes) is 1. The first kappa shape index (κ1) is 12.2. The Labute approximate surface area is 91.4 Å². The van der Waals surface area contributed by atoms with Crippen LogP contribution in [0.1, 0.15) is 30.9 Å². The van der Waals surface area contributed by atoms with E-state index in [4.69, 9.17) is 5.14 Å². The quantitative estimate of drug-likeness (QED) is 0.855. The lowest BCUT2D eigenvalue weighted by Crippen LogP contribution is -2.14. The molecule has 0 aliphatic carbocycles. The van der Waals surface area contributed by atoms with Gasteiger partial charge >= 0.3 is 0 Å². The zero-order valence-electron chi connectivity index (χ0n) is 9.16. The van der Waals surface area contributed by atoms with Crippen LogP contribution in [-0.4, -0.2) is 8.42 Å². The molecule has 2 N–H and O–H groups in total. The lowest BCUT2D eigenvalue weighted by atomic mass is 10.1. The molecule has 4 heteroatoms.